The molecule has 4 nitrogen and oxygen atoms in total. The summed E-state index contributed by atoms with van der Waals surface area (Å²) < 4.78 is 5.73. The van der Waals surface area contributed by atoms with Crippen molar-refractivity contribution in [3.63, 3.8) is 0 Å². The molecule has 1 heterocycles. The Morgan fingerprint density at radius 1 is 1.00 bits per heavy atom. The van der Waals surface area contributed by atoms with E-state index in [2.05, 4.69) is 10.6 Å². The summed E-state index contributed by atoms with van der Waals surface area (Å²) in [5.41, 5.74) is 1.66. The number of rotatable bonds is 2. The molecule has 1 aliphatic heterocycles. The highest BCUT2D eigenvalue weighted by atomic mass is 16.5. The van der Waals surface area contributed by atoms with Crippen LogP contribution in [0.4, 0.5) is 11.4 Å². The highest BCUT2D eigenvalue weighted by Crippen LogP contribution is 2.32. The molecule has 0 aromatic heterocycles. The molecule has 0 bridgehead atoms. The molecule has 0 radical (unpaired) electrons. The molecule has 0 saturated carbocycles. The summed E-state index contributed by atoms with van der Waals surface area (Å²) in [6, 6.07) is 14.9. The number of benzene rings is 2. The Kier molecular flexibility index (Phi) is 2.83. The number of nitrogens with one attached hydrogen (secondary N) is 2. The van der Waals surface area contributed by atoms with Crippen molar-refractivity contribution >= 4 is 17.3 Å². The fourth-order valence-electron chi connectivity index (χ4n) is 1.98. The van der Waals surface area contributed by atoms with E-state index in [1.165, 1.54) is 0 Å². The molecule has 4 heteroatoms. The van der Waals surface area contributed by atoms with Crippen LogP contribution in [0.2, 0.25) is 0 Å². The molecule has 3 rings (SSSR count). The second-order valence-corrected chi connectivity index (χ2v) is 4.48. The summed E-state index contributed by atoms with van der Waals surface area (Å²) in [4.78, 5) is 11.6. The molecule has 1 atom stereocenters. The Labute approximate surface area is 111 Å². The van der Waals surface area contributed by atoms with Gasteiger partial charge in [0.1, 0.15) is 17.5 Å². The van der Waals surface area contributed by atoms with Gasteiger partial charge in [-0.1, -0.05) is 18.2 Å². The Morgan fingerprint density at radius 3 is 2.58 bits per heavy atom. The zero-order valence-electron chi connectivity index (χ0n) is 10.5. The van der Waals surface area contributed by atoms with Gasteiger partial charge in [0, 0.05) is 6.07 Å². The van der Waals surface area contributed by atoms with Crippen LogP contribution in [0.25, 0.3) is 0 Å². The van der Waals surface area contributed by atoms with Gasteiger partial charge >= 0.3 is 0 Å². The predicted octanol–water partition coefficient (Wildman–Crippen LogP) is 3.23. The number of para-hydroxylation sites is 1. The van der Waals surface area contributed by atoms with Crippen LogP contribution in [-0.4, -0.2) is 11.9 Å². The van der Waals surface area contributed by atoms with Crippen molar-refractivity contribution in [2.75, 3.05) is 10.6 Å². The number of ether oxygens (including phenoxy) is 1. The fraction of sp³-hybridized carbons (Fsp3) is 0.133. The topological polar surface area (TPSA) is 50.4 Å². The van der Waals surface area contributed by atoms with E-state index in [9.17, 15) is 4.79 Å². The van der Waals surface area contributed by atoms with Gasteiger partial charge < -0.3 is 15.4 Å². The van der Waals surface area contributed by atoms with Crippen molar-refractivity contribution in [1.29, 1.82) is 0 Å². The summed E-state index contributed by atoms with van der Waals surface area (Å²) in [5, 5.41) is 5.99. The number of amides is 1. The molecule has 2 aromatic carbocycles. The van der Waals surface area contributed by atoms with E-state index < -0.39 is 0 Å². The first-order chi connectivity index (χ1) is 9.22. The van der Waals surface area contributed by atoms with Crippen molar-refractivity contribution in [2.24, 2.45) is 0 Å². The van der Waals surface area contributed by atoms with Crippen LogP contribution in [0.1, 0.15) is 6.92 Å². The van der Waals surface area contributed by atoms with Crippen LogP contribution in [-0.2, 0) is 4.79 Å². The molecule has 96 valence electrons. The minimum Gasteiger partial charge on any atom is -0.457 e. The van der Waals surface area contributed by atoms with Crippen LogP contribution in [0.5, 0.6) is 11.5 Å². The summed E-state index contributed by atoms with van der Waals surface area (Å²) in [6.07, 6.45) is 0. The maximum absolute atomic E-state index is 11.6. The predicted molar refractivity (Wildman–Crippen MR) is 74.7 cm³/mol. The van der Waals surface area contributed by atoms with Gasteiger partial charge in [-0.2, -0.15) is 0 Å². The second-order valence-electron chi connectivity index (χ2n) is 4.48. The quantitative estimate of drug-likeness (QED) is 0.865. The van der Waals surface area contributed by atoms with E-state index in [0.29, 0.717) is 5.75 Å². The first-order valence-electron chi connectivity index (χ1n) is 6.17. The van der Waals surface area contributed by atoms with Crippen LogP contribution in [0, 0.1) is 0 Å². The lowest BCUT2D eigenvalue weighted by Crippen LogP contribution is -2.36. The van der Waals surface area contributed by atoms with Crippen LogP contribution in [0.3, 0.4) is 0 Å². The van der Waals surface area contributed by atoms with Gasteiger partial charge in [-0.3, -0.25) is 4.79 Å². The maximum Gasteiger partial charge on any atom is 0.246 e. The third kappa shape index (κ3) is 2.38. The van der Waals surface area contributed by atoms with E-state index in [-0.39, 0.29) is 11.9 Å². The number of anilines is 2. The molecule has 0 saturated heterocycles. The van der Waals surface area contributed by atoms with Crippen LogP contribution < -0.4 is 15.4 Å². The Morgan fingerprint density at radius 2 is 1.79 bits per heavy atom. The molecular weight excluding hydrogens is 240 g/mol. The first-order valence-corrected chi connectivity index (χ1v) is 6.17. The highest BCUT2D eigenvalue weighted by molar-refractivity contribution is 6.02. The molecular formula is C15H14N2O2. The highest BCUT2D eigenvalue weighted by Gasteiger charge is 2.21. The monoisotopic (exact) mass is 254 g/mol. The summed E-state index contributed by atoms with van der Waals surface area (Å²) in [6.45, 7) is 1.83. The minimum absolute atomic E-state index is 0.0376. The molecule has 0 spiro atoms. The average molecular weight is 254 g/mol. The SMILES string of the molecule is CC1Nc2ccc(Oc3ccccc3)cc2NC1=O. The maximum atomic E-state index is 11.6. The van der Waals surface area contributed by atoms with E-state index in [1.54, 1.807) is 0 Å². The Bertz CT molecular complexity index is 611. The molecule has 2 N–H and O–H groups in total. The van der Waals surface area contributed by atoms with E-state index in [0.717, 1.165) is 17.1 Å². The second kappa shape index (κ2) is 4.65. The van der Waals surface area contributed by atoms with Crippen molar-refractivity contribution in [1.82, 2.24) is 0 Å². The fourth-order valence-corrected chi connectivity index (χ4v) is 1.98. The summed E-state index contributed by atoms with van der Waals surface area (Å²) in [7, 11) is 0. The number of carbonyl (C=O) groups excluding carboxylic acids is 1. The Balaban J connectivity index is 1.86. The normalized spacial score (nSPS) is 17.1. The van der Waals surface area contributed by atoms with E-state index in [4.69, 9.17) is 4.74 Å². The van der Waals surface area contributed by atoms with Gasteiger partial charge in [0.25, 0.3) is 0 Å². The lowest BCUT2D eigenvalue weighted by molar-refractivity contribution is -0.116. The average Bonchev–Trinajstić information content (AvgIpc) is 2.42. The van der Waals surface area contributed by atoms with Gasteiger partial charge in [-0.25, -0.2) is 0 Å². The summed E-state index contributed by atoms with van der Waals surface area (Å²) in [5.74, 6) is 1.43. The molecule has 1 amide bonds. The van der Waals surface area contributed by atoms with Crippen molar-refractivity contribution in [3.05, 3.63) is 48.5 Å². The number of hydrogen-bond acceptors (Lipinski definition) is 3. The molecule has 1 unspecified atom stereocenters. The molecule has 1 aliphatic rings. The zero-order valence-corrected chi connectivity index (χ0v) is 10.5. The Hall–Kier alpha value is -2.49. The van der Waals surface area contributed by atoms with Gasteiger partial charge in [0.05, 0.1) is 11.4 Å². The molecule has 19 heavy (non-hydrogen) atoms. The lowest BCUT2D eigenvalue weighted by atomic mass is 10.1. The van der Waals surface area contributed by atoms with Gasteiger partial charge in [0.2, 0.25) is 5.91 Å². The molecule has 0 fully saturated rings. The van der Waals surface area contributed by atoms with Crippen molar-refractivity contribution in [3.8, 4) is 11.5 Å². The van der Waals surface area contributed by atoms with Crippen molar-refractivity contribution < 1.29 is 9.53 Å². The third-order valence-electron chi connectivity index (χ3n) is 2.99. The number of hydrogen-bond donors (Lipinski definition) is 2. The molecule has 0 aliphatic carbocycles. The number of fused-ring (bicyclic) bond motifs is 1. The van der Waals surface area contributed by atoms with Crippen LogP contribution in [0.15, 0.2) is 48.5 Å². The number of carbonyl (C=O) groups is 1. The first kappa shape index (κ1) is 11.6. The van der Waals surface area contributed by atoms with Crippen molar-refractivity contribution in [2.45, 2.75) is 13.0 Å². The lowest BCUT2D eigenvalue weighted by Gasteiger charge is -2.24. The van der Waals surface area contributed by atoms with Gasteiger partial charge in [0.15, 0.2) is 0 Å². The molecule has 2 aromatic rings. The third-order valence-corrected chi connectivity index (χ3v) is 2.99. The zero-order chi connectivity index (χ0) is 13.2. The smallest absolute Gasteiger partial charge is 0.246 e. The largest absolute Gasteiger partial charge is 0.457 e. The van der Waals surface area contributed by atoms with Crippen LogP contribution >= 0.6 is 0 Å². The van der Waals surface area contributed by atoms with E-state index in [1.807, 2.05) is 55.5 Å². The minimum atomic E-state index is -0.214. The van der Waals surface area contributed by atoms with Gasteiger partial charge in [-0.05, 0) is 31.2 Å². The van der Waals surface area contributed by atoms with Gasteiger partial charge in [-0.15, -0.1) is 0 Å². The summed E-state index contributed by atoms with van der Waals surface area (Å²) >= 11 is 0. The van der Waals surface area contributed by atoms with E-state index >= 15 is 0 Å². The standard InChI is InChI=1S/C15H14N2O2/c1-10-15(18)17-14-9-12(7-8-13(14)16-10)19-11-5-3-2-4-6-11/h2-10,16H,1H3,(H,17,18).